The first-order valence-electron chi connectivity index (χ1n) is 2.00. The molecule has 0 spiro atoms. The van der Waals surface area contributed by atoms with Crippen molar-refractivity contribution in [2.75, 3.05) is 5.33 Å². The van der Waals surface area contributed by atoms with E-state index in [4.69, 9.17) is 0 Å². The minimum atomic E-state index is -4.71. The van der Waals surface area contributed by atoms with Gasteiger partial charge in [0.1, 0.15) is 0 Å². The highest BCUT2D eigenvalue weighted by Crippen LogP contribution is 2.08. The highest BCUT2D eigenvalue weighted by molar-refractivity contribution is 9.09. The highest BCUT2D eigenvalue weighted by Gasteiger charge is 2.16. The average molecular weight is 188 g/mol. The van der Waals surface area contributed by atoms with E-state index in [2.05, 4.69) is 15.9 Å². The van der Waals surface area contributed by atoms with Crippen molar-refractivity contribution in [1.82, 2.24) is 0 Å². The van der Waals surface area contributed by atoms with E-state index >= 15 is 0 Å². The summed E-state index contributed by atoms with van der Waals surface area (Å²) in [5, 5.41) is 0.258. The van der Waals surface area contributed by atoms with E-state index < -0.39 is 6.98 Å². The average Bonchev–Trinajstić information content (AvgIpc) is 1.59. The second kappa shape index (κ2) is 3.17. The van der Waals surface area contributed by atoms with Crippen LogP contribution in [0, 0.1) is 0 Å². The quantitative estimate of drug-likeness (QED) is 0.460. The molecule has 0 rings (SSSR count). The Bertz CT molecular complexity index is 87.0. The minimum Gasteiger partial charge on any atom is -0.445 e. The van der Waals surface area contributed by atoms with Crippen molar-refractivity contribution in [2.45, 2.75) is 0 Å². The van der Waals surface area contributed by atoms with Crippen molar-refractivity contribution >= 4 is 22.9 Å². The minimum absolute atomic E-state index is 0.258. The fourth-order valence-electron chi connectivity index (χ4n) is 0.206. The molecule has 0 saturated heterocycles. The fourth-order valence-corrected chi connectivity index (χ4v) is 0.422. The maximum atomic E-state index is 11.2. The first-order valence-corrected chi connectivity index (χ1v) is 3.12. The van der Waals surface area contributed by atoms with Gasteiger partial charge in [-0.05, 0) is 0 Å². The molecule has 0 radical (unpaired) electrons. The fraction of sp³-hybridized carbons (Fsp3) is 0.333. The van der Waals surface area contributed by atoms with Crippen molar-refractivity contribution in [1.29, 1.82) is 0 Å². The van der Waals surface area contributed by atoms with Crippen molar-refractivity contribution in [3.05, 3.63) is 12.1 Å². The molecule has 0 aliphatic rings. The van der Waals surface area contributed by atoms with Crippen molar-refractivity contribution in [3.63, 3.8) is 0 Å². The molecule has 5 heteroatoms. The monoisotopic (exact) mass is 187 g/mol. The van der Waals surface area contributed by atoms with Gasteiger partial charge in [0.05, 0.1) is 0 Å². The van der Waals surface area contributed by atoms with Crippen LogP contribution in [0.25, 0.3) is 0 Å². The summed E-state index contributed by atoms with van der Waals surface area (Å²) in [6, 6.07) is 0. The largest absolute Gasteiger partial charge is 0.502 e. The van der Waals surface area contributed by atoms with Gasteiger partial charge >= 0.3 is 6.98 Å². The Kier molecular flexibility index (Phi) is 3.20. The van der Waals surface area contributed by atoms with Gasteiger partial charge in [-0.1, -0.05) is 15.9 Å². The molecule has 0 atom stereocenters. The van der Waals surface area contributed by atoms with Gasteiger partial charge < -0.3 is 12.9 Å². The third-order valence-corrected chi connectivity index (χ3v) is 0.817. The molecule has 0 saturated carbocycles. The molecule has 0 bridgehead atoms. The van der Waals surface area contributed by atoms with Crippen LogP contribution in [0.5, 0.6) is 0 Å². The molecule has 0 aromatic rings. The van der Waals surface area contributed by atoms with E-state index in [0.29, 0.717) is 0 Å². The molecule has 48 valence electrons. The van der Waals surface area contributed by atoms with Gasteiger partial charge in [-0.25, -0.2) is 0 Å². The lowest BCUT2D eigenvalue weighted by Crippen LogP contribution is -2.09. The van der Waals surface area contributed by atoms with E-state index in [9.17, 15) is 12.9 Å². The first kappa shape index (κ1) is 8.07. The lowest BCUT2D eigenvalue weighted by Gasteiger charge is -2.04. The van der Waals surface area contributed by atoms with Crippen LogP contribution in [-0.4, -0.2) is 12.3 Å². The topological polar surface area (TPSA) is 0 Å². The van der Waals surface area contributed by atoms with Crippen LogP contribution >= 0.6 is 15.9 Å². The van der Waals surface area contributed by atoms with Crippen LogP contribution in [0.2, 0.25) is 0 Å². The standard InChI is InChI=1S/C3H4BBrF3/c5-3-1-2-4(6,7)8/h1-2H,3H2/q-1/b2-1+. The maximum Gasteiger partial charge on any atom is 0.502 e. The number of rotatable bonds is 2. The van der Waals surface area contributed by atoms with Gasteiger partial charge in [0, 0.05) is 5.33 Å². The summed E-state index contributed by atoms with van der Waals surface area (Å²) in [4.78, 5) is 0. The maximum absolute atomic E-state index is 11.2. The Balaban J connectivity index is 3.52. The molecule has 0 aliphatic carbocycles. The summed E-state index contributed by atoms with van der Waals surface area (Å²) < 4.78 is 33.6. The molecule has 0 heterocycles. The van der Waals surface area contributed by atoms with Crippen molar-refractivity contribution in [2.24, 2.45) is 0 Å². The van der Waals surface area contributed by atoms with Crippen LogP contribution in [-0.2, 0) is 0 Å². The Morgan fingerprint density at radius 3 is 2.00 bits per heavy atom. The molecule has 0 aromatic heterocycles. The van der Waals surface area contributed by atoms with Gasteiger partial charge in [0.25, 0.3) is 0 Å². The molecule has 0 amide bonds. The van der Waals surface area contributed by atoms with Crippen molar-refractivity contribution < 1.29 is 12.9 Å². The number of alkyl halides is 1. The summed E-state index contributed by atoms with van der Waals surface area (Å²) in [7, 11) is 0. The van der Waals surface area contributed by atoms with Crippen molar-refractivity contribution in [3.8, 4) is 0 Å². The van der Waals surface area contributed by atoms with Crippen LogP contribution in [0.1, 0.15) is 0 Å². The van der Waals surface area contributed by atoms with Crippen LogP contribution in [0.15, 0.2) is 12.1 Å². The van der Waals surface area contributed by atoms with E-state index in [1.165, 1.54) is 0 Å². The Morgan fingerprint density at radius 2 is 1.88 bits per heavy atom. The lowest BCUT2D eigenvalue weighted by molar-refractivity contribution is 0.498. The molecule has 0 aromatic carbocycles. The summed E-state index contributed by atoms with van der Waals surface area (Å²) >= 11 is 2.83. The predicted molar refractivity (Wildman–Crippen MR) is 32.0 cm³/mol. The molecule has 0 N–H and O–H groups in total. The predicted octanol–water partition coefficient (Wildman–Crippen LogP) is 2.32. The Hall–Kier alpha value is 0.0749. The third-order valence-electron chi connectivity index (χ3n) is 0.443. The van der Waals surface area contributed by atoms with E-state index in [1.54, 1.807) is 0 Å². The Morgan fingerprint density at radius 1 is 1.38 bits per heavy atom. The van der Waals surface area contributed by atoms with E-state index in [0.717, 1.165) is 6.08 Å². The summed E-state index contributed by atoms with van der Waals surface area (Å²) in [5.41, 5.74) is 0. The molecular weight excluding hydrogens is 184 g/mol. The highest BCUT2D eigenvalue weighted by atomic mass is 79.9. The van der Waals surface area contributed by atoms with Gasteiger partial charge in [0.2, 0.25) is 0 Å². The van der Waals surface area contributed by atoms with Gasteiger partial charge in [-0.15, -0.1) is 12.1 Å². The summed E-state index contributed by atoms with van der Waals surface area (Å²) in [5.74, 6) is 0.259. The zero-order valence-corrected chi connectivity index (χ0v) is 5.54. The zero-order valence-electron chi connectivity index (χ0n) is 3.95. The zero-order chi connectivity index (χ0) is 6.62. The van der Waals surface area contributed by atoms with Gasteiger partial charge in [-0.3, -0.25) is 0 Å². The van der Waals surface area contributed by atoms with Crippen LogP contribution in [0.3, 0.4) is 0 Å². The van der Waals surface area contributed by atoms with Crippen LogP contribution in [0.4, 0.5) is 12.9 Å². The van der Waals surface area contributed by atoms with E-state index in [1.807, 2.05) is 0 Å². The summed E-state index contributed by atoms with van der Waals surface area (Å²) in [6.45, 7) is -4.71. The van der Waals surface area contributed by atoms with E-state index in [-0.39, 0.29) is 11.3 Å². The Labute approximate surface area is 53.9 Å². The van der Waals surface area contributed by atoms with Crippen LogP contribution < -0.4 is 0 Å². The second-order valence-corrected chi connectivity index (χ2v) is 1.86. The normalized spacial score (nSPS) is 13.0. The molecule has 0 nitrogen and oxygen atoms in total. The third kappa shape index (κ3) is 6.07. The second-order valence-electron chi connectivity index (χ2n) is 1.21. The number of hydrogen-bond donors (Lipinski definition) is 0. The number of allylic oxidation sites excluding steroid dienone is 1. The lowest BCUT2D eigenvalue weighted by atomic mass is 9.92. The SMILES string of the molecule is F[B-](F)(F)/C=C/CBr. The number of hydrogen-bond acceptors (Lipinski definition) is 0. The molecular formula is C3H4BBrF3-. The van der Waals surface area contributed by atoms with Gasteiger partial charge in [0.15, 0.2) is 0 Å². The molecule has 0 unspecified atom stereocenters. The molecule has 0 aliphatic heterocycles. The van der Waals surface area contributed by atoms with Gasteiger partial charge in [-0.2, -0.15) is 0 Å². The number of halogens is 4. The summed E-state index contributed by atoms with van der Waals surface area (Å²) in [6.07, 6.45) is 1.03. The smallest absolute Gasteiger partial charge is 0.445 e. The molecule has 0 fully saturated rings. The first-order chi connectivity index (χ1) is 3.56. The molecule has 8 heavy (non-hydrogen) atoms.